The predicted octanol–water partition coefficient (Wildman–Crippen LogP) is 2.84. The summed E-state index contributed by atoms with van der Waals surface area (Å²) in [6.07, 6.45) is 1.70. The highest BCUT2D eigenvalue weighted by molar-refractivity contribution is 5.85. The van der Waals surface area contributed by atoms with E-state index in [0.29, 0.717) is 5.41 Å². The van der Waals surface area contributed by atoms with Gasteiger partial charge in [0.1, 0.15) is 5.76 Å². The lowest BCUT2D eigenvalue weighted by Crippen LogP contribution is -2.26. The van der Waals surface area contributed by atoms with Gasteiger partial charge in [-0.1, -0.05) is 20.8 Å². The molecule has 1 aromatic rings. The van der Waals surface area contributed by atoms with Crippen LogP contribution < -0.4 is 5.32 Å². The summed E-state index contributed by atoms with van der Waals surface area (Å²) in [4.78, 5) is 0. The average molecular weight is 204 g/mol. The third-order valence-corrected chi connectivity index (χ3v) is 1.53. The summed E-state index contributed by atoms with van der Waals surface area (Å²) in [6, 6.07) is 3.89. The fourth-order valence-electron chi connectivity index (χ4n) is 0.974. The van der Waals surface area contributed by atoms with E-state index in [1.807, 2.05) is 12.1 Å². The number of hydrogen-bond acceptors (Lipinski definition) is 2. The first-order valence-corrected chi connectivity index (χ1v) is 4.31. The molecule has 0 aliphatic carbocycles. The topological polar surface area (TPSA) is 25.2 Å². The fraction of sp³-hybridized carbons (Fsp3) is 0.600. The molecule has 13 heavy (non-hydrogen) atoms. The van der Waals surface area contributed by atoms with E-state index in [1.165, 1.54) is 0 Å². The van der Waals surface area contributed by atoms with Crippen molar-refractivity contribution in [2.45, 2.75) is 27.3 Å². The quantitative estimate of drug-likeness (QED) is 0.818. The molecule has 0 saturated heterocycles. The molecule has 2 nitrogen and oxygen atoms in total. The van der Waals surface area contributed by atoms with E-state index in [4.69, 9.17) is 4.42 Å². The van der Waals surface area contributed by atoms with E-state index < -0.39 is 0 Å². The van der Waals surface area contributed by atoms with Gasteiger partial charge < -0.3 is 9.73 Å². The van der Waals surface area contributed by atoms with Gasteiger partial charge in [0.2, 0.25) is 0 Å². The van der Waals surface area contributed by atoms with Crippen LogP contribution in [0.4, 0.5) is 0 Å². The third-order valence-electron chi connectivity index (χ3n) is 1.53. The maximum Gasteiger partial charge on any atom is 0.117 e. The van der Waals surface area contributed by atoms with Crippen molar-refractivity contribution in [3.05, 3.63) is 24.2 Å². The molecule has 0 amide bonds. The van der Waals surface area contributed by atoms with Crippen molar-refractivity contribution in [3.8, 4) is 0 Å². The molecular formula is C10H18ClNO. The van der Waals surface area contributed by atoms with E-state index in [9.17, 15) is 0 Å². The normalized spacial score (nSPS) is 11.0. The SMILES string of the molecule is CC(C)(C)CNCc1ccco1.Cl. The van der Waals surface area contributed by atoms with Crippen molar-refractivity contribution in [1.82, 2.24) is 5.32 Å². The zero-order valence-electron chi connectivity index (χ0n) is 8.46. The fourth-order valence-corrected chi connectivity index (χ4v) is 0.974. The minimum Gasteiger partial charge on any atom is -0.468 e. The Morgan fingerprint density at radius 3 is 2.54 bits per heavy atom. The second-order valence-corrected chi connectivity index (χ2v) is 4.24. The van der Waals surface area contributed by atoms with Crippen molar-refractivity contribution < 1.29 is 4.42 Å². The minimum absolute atomic E-state index is 0. The van der Waals surface area contributed by atoms with E-state index >= 15 is 0 Å². The third kappa shape index (κ3) is 5.72. The van der Waals surface area contributed by atoms with Crippen molar-refractivity contribution in [2.75, 3.05) is 6.54 Å². The van der Waals surface area contributed by atoms with Gasteiger partial charge >= 0.3 is 0 Å². The number of halogens is 1. The van der Waals surface area contributed by atoms with Crippen molar-refractivity contribution in [1.29, 1.82) is 0 Å². The van der Waals surface area contributed by atoms with Crippen molar-refractivity contribution >= 4 is 12.4 Å². The van der Waals surface area contributed by atoms with Gasteiger partial charge in [-0.3, -0.25) is 0 Å². The maximum atomic E-state index is 5.19. The highest BCUT2D eigenvalue weighted by Gasteiger charge is 2.08. The van der Waals surface area contributed by atoms with Crippen LogP contribution in [-0.4, -0.2) is 6.54 Å². The zero-order chi connectivity index (χ0) is 9.03. The van der Waals surface area contributed by atoms with Crippen LogP contribution in [0.25, 0.3) is 0 Å². The minimum atomic E-state index is 0. The van der Waals surface area contributed by atoms with Crippen molar-refractivity contribution in [3.63, 3.8) is 0 Å². The molecule has 0 spiro atoms. The smallest absolute Gasteiger partial charge is 0.117 e. The number of furan rings is 1. The van der Waals surface area contributed by atoms with Crippen LogP contribution in [-0.2, 0) is 6.54 Å². The molecule has 0 atom stereocenters. The van der Waals surface area contributed by atoms with E-state index in [1.54, 1.807) is 6.26 Å². The molecule has 1 rings (SSSR count). The van der Waals surface area contributed by atoms with Crippen LogP contribution in [0, 0.1) is 5.41 Å². The van der Waals surface area contributed by atoms with Crippen LogP contribution in [0.5, 0.6) is 0 Å². The second kappa shape index (κ2) is 5.30. The zero-order valence-corrected chi connectivity index (χ0v) is 9.28. The van der Waals surface area contributed by atoms with Gasteiger partial charge in [-0.05, 0) is 17.5 Å². The molecule has 3 heteroatoms. The number of nitrogens with one attached hydrogen (secondary N) is 1. The predicted molar refractivity (Wildman–Crippen MR) is 57.1 cm³/mol. The molecule has 1 N–H and O–H groups in total. The molecule has 0 unspecified atom stereocenters. The summed E-state index contributed by atoms with van der Waals surface area (Å²) in [5.74, 6) is 0.999. The first kappa shape index (κ1) is 12.5. The lowest BCUT2D eigenvalue weighted by atomic mass is 9.97. The summed E-state index contributed by atoms with van der Waals surface area (Å²) in [7, 11) is 0. The lowest BCUT2D eigenvalue weighted by molar-refractivity contribution is 0.367. The van der Waals surface area contributed by atoms with E-state index in [-0.39, 0.29) is 12.4 Å². The van der Waals surface area contributed by atoms with Crippen LogP contribution in [0.2, 0.25) is 0 Å². The Balaban J connectivity index is 0.00000144. The second-order valence-electron chi connectivity index (χ2n) is 4.24. The Morgan fingerprint density at radius 2 is 2.08 bits per heavy atom. The molecule has 1 heterocycles. The number of rotatable bonds is 3. The molecule has 1 aromatic heterocycles. The Hall–Kier alpha value is -0.470. The Morgan fingerprint density at radius 1 is 1.38 bits per heavy atom. The van der Waals surface area contributed by atoms with Gasteiger partial charge in [0.05, 0.1) is 12.8 Å². The van der Waals surface area contributed by atoms with Crippen LogP contribution in [0.15, 0.2) is 22.8 Å². The molecule has 0 aliphatic rings. The summed E-state index contributed by atoms with van der Waals surface area (Å²) >= 11 is 0. The maximum absolute atomic E-state index is 5.19. The molecular weight excluding hydrogens is 186 g/mol. The highest BCUT2D eigenvalue weighted by Crippen LogP contribution is 2.10. The Bertz CT molecular complexity index is 213. The van der Waals surface area contributed by atoms with Crippen LogP contribution in [0.1, 0.15) is 26.5 Å². The Kier molecular flexibility index (Phi) is 5.11. The first-order chi connectivity index (χ1) is 5.58. The van der Waals surface area contributed by atoms with Gasteiger partial charge in [0.25, 0.3) is 0 Å². The summed E-state index contributed by atoms with van der Waals surface area (Å²) < 4.78 is 5.19. The van der Waals surface area contributed by atoms with E-state index in [0.717, 1.165) is 18.8 Å². The molecule has 76 valence electrons. The molecule has 0 radical (unpaired) electrons. The summed E-state index contributed by atoms with van der Waals surface area (Å²) in [6.45, 7) is 8.46. The van der Waals surface area contributed by atoms with Gasteiger partial charge in [-0.25, -0.2) is 0 Å². The van der Waals surface area contributed by atoms with Gasteiger partial charge in [0.15, 0.2) is 0 Å². The van der Waals surface area contributed by atoms with Gasteiger partial charge in [-0.15, -0.1) is 12.4 Å². The summed E-state index contributed by atoms with van der Waals surface area (Å²) in [5, 5.41) is 3.33. The van der Waals surface area contributed by atoms with Crippen molar-refractivity contribution in [2.24, 2.45) is 5.41 Å². The first-order valence-electron chi connectivity index (χ1n) is 4.31. The molecule has 0 bridgehead atoms. The molecule has 0 fully saturated rings. The molecule has 0 saturated carbocycles. The Labute approximate surface area is 86.1 Å². The molecule has 0 aliphatic heterocycles. The summed E-state index contributed by atoms with van der Waals surface area (Å²) in [5.41, 5.74) is 0.340. The van der Waals surface area contributed by atoms with Crippen LogP contribution >= 0.6 is 12.4 Å². The van der Waals surface area contributed by atoms with Gasteiger partial charge in [0, 0.05) is 6.54 Å². The van der Waals surface area contributed by atoms with Crippen LogP contribution in [0.3, 0.4) is 0 Å². The highest BCUT2D eigenvalue weighted by atomic mass is 35.5. The monoisotopic (exact) mass is 203 g/mol. The standard InChI is InChI=1S/C10H17NO.ClH/c1-10(2,3)8-11-7-9-5-4-6-12-9;/h4-6,11H,7-8H2,1-3H3;1H. The lowest BCUT2D eigenvalue weighted by Gasteiger charge is -2.18. The van der Waals surface area contributed by atoms with E-state index in [2.05, 4.69) is 26.1 Å². The van der Waals surface area contributed by atoms with Gasteiger partial charge in [-0.2, -0.15) is 0 Å². The average Bonchev–Trinajstić information content (AvgIpc) is 2.36. The number of hydrogen-bond donors (Lipinski definition) is 1. The molecule has 0 aromatic carbocycles. The largest absolute Gasteiger partial charge is 0.468 e.